The zero-order valence-corrected chi connectivity index (χ0v) is 7.16. The van der Waals surface area contributed by atoms with Gasteiger partial charge in [0.2, 0.25) is 0 Å². The van der Waals surface area contributed by atoms with Crippen molar-refractivity contribution < 1.29 is 4.39 Å². The number of halogens is 2. The monoisotopic (exact) mass is 165 g/mol. The van der Waals surface area contributed by atoms with Crippen molar-refractivity contribution in [2.24, 2.45) is 5.92 Å². The van der Waals surface area contributed by atoms with Crippen molar-refractivity contribution >= 4 is 11.6 Å². The third-order valence-electron chi connectivity index (χ3n) is 1.77. The molecule has 0 unspecified atom stereocenters. The van der Waals surface area contributed by atoms with Crippen LogP contribution in [0, 0.1) is 5.92 Å². The van der Waals surface area contributed by atoms with Crippen LogP contribution in [0.2, 0.25) is 0 Å². The Morgan fingerprint density at radius 2 is 2.30 bits per heavy atom. The Kier molecular flexibility index (Phi) is 2.21. The molecule has 1 nitrogen and oxygen atoms in total. The number of likely N-dealkylation sites (tertiary alicyclic amines) is 1. The maximum atomic E-state index is 13.1. The van der Waals surface area contributed by atoms with E-state index in [-0.39, 0.29) is 0 Å². The molecule has 1 fully saturated rings. The van der Waals surface area contributed by atoms with E-state index in [2.05, 4.69) is 0 Å². The lowest BCUT2D eigenvalue weighted by atomic mass is 9.99. The van der Waals surface area contributed by atoms with Gasteiger partial charge in [0.25, 0.3) is 0 Å². The fourth-order valence-electron chi connectivity index (χ4n) is 1.63. The van der Waals surface area contributed by atoms with Gasteiger partial charge in [0.1, 0.15) is 0 Å². The Balaban J connectivity index is 2.51. The van der Waals surface area contributed by atoms with Gasteiger partial charge in [-0.25, -0.2) is 4.39 Å². The number of hydrogen-bond donors (Lipinski definition) is 0. The number of rotatable bonds is 0. The summed E-state index contributed by atoms with van der Waals surface area (Å²) in [7, 11) is 1.90. The average Bonchev–Trinajstić information content (AvgIpc) is 1.54. The van der Waals surface area contributed by atoms with Gasteiger partial charge in [-0.05, 0) is 13.0 Å². The normalized spacial score (nSPS) is 43.8. The van der Waals surface area contributed by atoms with Gasteiger partial charge in [0.05, 0.1) is 0 Å². The highest BCUT2D eigenvalue weighted by Gasteiger charge is 2.34. The van der Waals surface area contributed by atoms with Crippen molar-refractivity contribution in [1.82, 2.24) is 4.90 Å². The highest BCUT2D eigenvalue weighted by Crippen LogP contribution is 2.31. The molecular weight excluding hydrogens is 153 g/mol. The Morgan fingerprint density at radius 1 is 1.70 bits per heavy atom. The molecule has 0 radical (unpaired) electrons. The SMILES string of the molecule is C[C@H]1CN(C)C[C@](F)(Cl)C1. The van der Waals surface area contributed by atoms with Crippen LogP contribution >= 0.6 is 11.6 Å². The van der Waals surface area contributed by atoms with Crippen LogP contribution in [0.15, 0.2) is 0 Å². The molecule has 1 rings (SSSR count). The summed E-state index contributed by atoms with van der Waals surface area (Å²) in [5.41, 5.74) is 0. The fraction of sp³-hybridized carbons (Fsp3) is 1.00. The van der Waals surface area contributed by atoms with Gasteiger partial charge < -0.3 is 4.90 Å². The molecular formula is C7H13ClFN. The lowest BCUT2D eigenvalue weighted by Gasteiger charge is -2.34. The first-order valence-electron chi connectivity index (χ1n) is 3.56. The van der Waals surface area contributed by atoms with Crippen molar-refractivity contribution in [3.8, 4) is 0 Å². The molecule has 0 aromatic carbocycles. The number of nitrogens with zero attached hydrogens (tertiary/aromatic N) is 1. The van der Waals surface area contributed by atoms with Crippen molar-refractivity contribution in [3.63, 3.8) is 0 Å². The molecule has 0 spiro atoms. The van der Waals surface area contributed by atoms with Crippen LogP contribution in [0.1, 0.15) is 13.3 Å². The molecule has 3 heteroatoms. The van der Waals surface area contributed by atoms with E-state index in [1.165, 1.54) is 0 Å². The minimum absolute atomic E-state index is 0.360. The Bertz CT molecular complexity index is 115. The fourth-order valence-corrected chi connectivity index (χ4v) is 2.10. The summed E-state index contributed by atoms with van der Waals surface area (Å²) in [6.07, 6.45) is 0.485. The minimum atomic E-state index is -1.48. The number of hydrogen-bond acceptors (Lipinski definition) is 1. The second-order valence-electron chi connectivity index (χ2n) is 3.36. The Hall–Kier alpha value is 0.180. The van der Waals surface area contributed by atoms with Crippen LogP contribution in [0.5, 0.6) is 0 Å². The first-order valence-corrected chi connectivity index (χ1v) is 3.94. The van der Waals surface area contributed by atoms with Gasteiger partial charge >= 0.3 is 0 Å². The van der Waals surface area contributed by atoms with Crippen LogP contribution in [0.3, 0.4) is 0 Å². The second kappa shape index (κ2) is 2.67. The van der Waals surface area contributed by atoms with Crippen LogP contribution in [0.4, 0.5) is 4.39 Å². The first kappa shape index (κ1) is 8.28. The molecule has 0 aromatic heterocycles. The number of piperidine rings is 1. The molecule has 0 amide bonds. The standard InChI is InChI=1S/C7H13ClFN/c1-6-3-7(8,9)5-10(2)4-6/h6H,3-5H2,1-2H3/t6-,7+/m1/s1. The molecule has 0 aromatic rings. The van der Waals surface area contributed by atoms with Crippen LogP contribution in [0.25, 0.3) is 0 Å². The maximum absolute atomic E-state index is 13.1. The van der Waals surface area contributed by atoms with E-state index in [4.69, 9.17) is 11.6 Å². The second-order valence-corrected chi connectivity index (χ2v) is 4.04. The highest BCUT2D eigenvalue weighted by molar-refractivity contribution is 6.23. The first-order chi connectivity index (χ1) is 4.49. The van der Waals surface area contributed by atoms with E-state index in [9.17, 15) is 4.39 Å². The summed E-state index contributed by atoms with van der Waals surface area (Å²) in [4.78, 5) is 1.93. The Labute approximate surface area is 66.2 Å². The third kappa shape index (κ3) is 2.10. The van der Waals surface area contributed by atoms with Crippen LogP contribution in [-0.2, 0) is 0 Å². The van der Waals surface area contributed by atoms with Crippen LogP contribution in [-0.4, -0.2) is 30.2 Å². The summed E-state index contributed by atoms with van der Waals surface area (Å²) >= 11 is 5.55. The van der Waals surface area contributed by atoms with Crippen molar-refractivity contribution in [2.45, 2.75) is 18.5 Å². The van der Waals surface area contributed by atoms with E-state index < -0.39 is 5.13 Å². The zero-order chi connectivity index (χ0) is 7.78. The summed E-state index contributed by atoms with van der Waals surface area (Å²) < 4.78 is 13.1. The zero-order valence-electron chi connectivity index (χ0n) is 6.40. The van der Waals surface area contributed by atoms with E-state index >= 15 is 0 Å². The van der Waals surface area contributed by atoms with E-state index in [0.29, 0.717) is 18.9 Å². The van der Waals surface area contributed by atoms with Crippen molar-refractivity contribution in [2.75, 3.05) is 20.1 Å². The Morgan fingerprint density at radius 3 is 2.70 bits per heavy atom. The average molecular weight is 166 g/mol. The molecule has 0 aliphatic carbocycles. The van der Waals surface area contributed by atoms with Gasteiger partial charge in [0, 0.05) is 19.5 Å². The summed E-state index contributed by atoms with van der Waals surface area (Å²) in [5.74, 6) is 0.376. The smallest absolute Gasteiger partial charge is 0.196 e. The third-order valence-corrected chi connectivity index (χ3v) is 2.05. The molecule has 0 N–H and O–H groups in total. The maximum Gasteiger partial charge on any atom is 0.196 e. The van der Waals surface area contributed by atoms with E-state index in [0.717, 1.165) is 6.54 Å². The summed E-state index contributed by atoms with van der Waals surface area (Å²) in [6.45, 7) is 3.34. The van der Waals surface area contributed by atoms with Gasteiger partial charge in [-0.2, -0.15) is 0 Å². The minimum Gasteiger partial charge on any atom is -0.302 e. The molecule has 60 valence electrons. The van der Waals surface area contributed by atoms with Gasteiger partial charge in [-0.1, -0.05) is 18.5 Å². The lowest BCUT2D eigenvalue weighted by molar-refractivity contribution is 0.0948. The van der Waals surface area contributed by atoms with Gasteiger partial charge in [-0.15, -0.1) is 0 Å². The quantitative estimate of drug-likeness (QED) is 0.496. The lowest BCUT2D eigenvalue weighted by Crippen LogP contribution is -2.43. The highest BCUT2D eigenvalue weighted by atomic mass is 35.5. The molecule has 1 saturated heterocycles. The molecule has 1 aliphatic heterocycles. The number of alkyl halides is 2. The molecule has 1 aliphatic rings. The molecule has 2 atom stereocenters. The predicted octanol–water partition coefficient (Wildman–Crippen LogP) is 1.86. The van der Waals surface area contributed by atoms with E-state index in [1.54, 1.807) is 0 Å². The molecule has 1 heterocycles. The molecule has 0 saturated carbocycles. The molecule has 10 heavy (non-hydrogen) atoms. The summed E-state index contributed by atoms with van der Waals surface area (Å²) in [6, 6.07) is 0. The van der Waals surface area contributed by atoms with Gasteiger partial charge in [0.15, 0.2) is 5.13 Å². The van der Waals surface area contributed by atoms with Crippen molar-refractivity contribution in [3.05, 3.63) is 0 Å². The largest absolute Gasteiger partial charge is 0.302 e. The van der Waals surface area contributed by atoms with E-state index in [1.807, 2.05) is 18.9 Å². The van der Waals surface area contributed by atoms with Crippen molar-refractivity contribution in [1.29, 1.82) is 0 Å². The topological polar surface area (TPSA) is 3.24 Å². The molecule has 0 bridgehead atoms. The summed E-state index contributed by atoms with van der Waals surface area (Å²) in [5, 5.41) is -1.48. The predicted molar refractivity (Wildman–Crippen MR) is 41.0 cm³/mol. The van der Waals surface area contributed by atoms with Gasteiger partial charge in [-0.3, -0.25) is 0 Å². The van der Waals surface area contributed by atoms with Crippen LogP contribution < -0.4 is 0 Å².